The second-order valence-corrected chi connectivity index (χ2v) is 7.27. The minimum Gasteiger partial charge on any atom is -0.483 e. The van der Waals surface area contributed by atoms with Crippen LogP contribution in [-0.2, 0) is 4.79 Å². The number of amides is 2. The number of nitrogens with one attached hydrogen (secondary N) is 3. The number of thiocarbonyl (C=S) groups is 1. The van der Waals surface area contributed by atoms with E-state index in [4.69, 9.17) is 28.6 Å². The van der Waals surface area contributed by atoms with Crippen molar-refractivity contribution in [3.63, 3.8) is 0 Å². The molecule has 152 valence electrons. The van der Waals surface area contributed by atoms with Gasteiger partial charge in [-0.2, -0.15) is 0 Å². The minimum absolute atomic E-state index is 0.0240. The molecule has 0 saturated heterocycles. The molecule has 0 heterocycles. The minimum atomic E-state index is -0.712. The Labute approximate surface area is 184 Å². The fourth-order valence-electron chi connectivity index (χ4n) is 2.03. The molecule has 0 fully saturated rings. The molecule has 0 aliphatic heterocycles. The highest BCUT2D eigenvalue weighted by Crippen LogP contribution is 2.26. The summed E-state index contributed by atoms with van der Waals surface area (Å²) in [5, 5.41) is 12.9. The summed E-state index contributed by atoms with van der Waals surface area (Å²) in [5.41, 5.74) is 5.20. The van der Waals surface area contributed by atoms with E-state index in [1.165, 1.54) is 12.1 Å². The lowest BCUT2D eigenvalue weighted by Crippen LogP contribution is -2.49. The van der Waals surface area contributed by atoms with E-state index >= 15 is 0 Å². The van der Waals surface area contributed by atoms with Gasteiger partial charge in [-0.05, 0) is 64.9 Å². The van der Waals surface area contributed by atoms with Gasteiger partial charge in [0.05, 0.1) is 9.40 Å². The van der Waals surface area contributed by atoms with Gasteiger partial charge in [-0.15, -0.1) is 0 Å². The highest BCUT2D eigenvalue weighted by Gasteiger charge is 2.17. The standard InChI is InChI=1S/C17H14BrClN4O5S/c1-9-2-5-14(11(18)6-9)28-8-15(24)21-22-17(29)20-16(25)10-3-4-12(19)13(7-10)23(26)27/h2-7H,8H2,1H3,(H,21,24)(H2,20,22,25,29). The highest BCUT2D eigenvalue weighted by atomic mass is 79.9. The number of carbonyl (C=O) groups excluding carboxylic acids is 2. The monoisotopic (exact) mass is 500 g/mol. The van der Waals surface area contributed by atoms with Crippen molar-refractivity contribution in [3.05, 3.63) is 67.1 Å². The molecule has 2 amide bonds. The predicted molar refractivity (Wildman–Crippen MR) is 114 cm³/mol. The molecule has 0 saturated carbocycles. The molecular weight excluding hydrogens is 488 g/mol. The normalized spacial score (nSPS) is 10.0. The van der Waals surface area contributed by atoms with Crippen molar-refractivity contribution >= 4 is 62.4 Å². The number of hydrazine groups is 1. The molecule has 0 aliphatic carbocycles. The number of hydrogen-bond acceptors (Lipinski definition) is 6. The average molecular weight is 502 g/mol. The molecule has 0 aliphatic rings. The Morgan fingerprint density at radius 1 is 1.24 bits per heavy atom. The molecule has 2 rings (SSSR count). The summed E-state index contributed by atoms with van der Waals surface area (Å²) in [7, 11) is 0. The van der Waals surface area contributed by atoms with E-state index in [0.29, 0.717) is 10.2 Å². The number of aryl methyl sites for hydroxylation is 1. The van der Waals surface area contributed by atoms with Gasteiger partial charge < -0.3 is 4.74 Å². The summed E-state index contributed by atoms with van der Waals surface area (Å²) in [6, 6.07) is 8.95. The third kappa shape index (κ3) is 6.66. The molecular formula is C17H14BrClN4O5S. The first kappa shape index (κ1) is 22.5. The van der Waals surface area contributed by atoms with Gasteiger partial charge in [0.2, 0.25) is 0 Å². The zero-order valence-corrected chi connectivity index (χ0v) is 18.0. The summed E-state index contributed by atoms with van der Waals surface area (Å²) in [6.07, 6.45) is 0. The van der Waals surface area contributed by atoms with Gasteiger partial charge in [0, 0.05) is 11.6 Å². The molecule has 0 unspecified atom stereocenters. The van der Waals surface area contributed by atoms with Crippen LogP contribution in [-0.4, -0.2) is 28.5 Å². The van der Waals surface area contributed by atoms with Gasteiger partial charge in [0.15, 0.2) is 11.7 Å². The van der Waals surface area contributed by atoms with Gasteiger partial charge in [-0.3, -0.25) is 35.9 Å². The van der Waals surface area contributed by atoms with Crippen LogP contribution >= 0.6 is 39.7 Å². The van der Waals surface area contributed by atoms with Crippen LogP contribution in [0, 0.1) is 17.0 Å². The number of rotatable bonds is 5. The smallest absolute Gasteiger partial charge is 0.288 e. The van der Waals surface area contributed by atoms with E-state index in [1.807, 2.05) is 19.1 Å². The van der Waals surface area contributed by atoms with Crippen LogP contribution in [0.3, 0.4) is 0 Å². The first-order valence-corrected chi connectivity index (χ1v) is 9.48. The van der Waals surface area contributed by atoms with Gasteiger partial charge in [0.1, 0.15) is 10.8 Å². The lowest BCUT2D eigenvalue weighted by Gasteiger charge is -2.12. The fraction of sp³-hybridized carbons (Fsp3) is 0.118. The van der Waals surface area contributed by atoms with Crippen LogP contribution in [0.5, 0.6) is 5.75 Å². The fourth-order valence-corrected chi connectivity index (χ4v) is 2.97. The second kappa shape index (κ2) is 10.1. The zero-order valence-electron chi connectivity index (χ0n) is 14.8. The van der Waals surface area contributed by atoms with E-state index in [0.717, 1.165) is 11.6 Å². The Morgan fingerprint density at radius 3 is 2.62 bits per heavy atom. The predicted octanol–water partition coefficient (Wildman–Crippen LogP) is 3.03. The third-order valence-electron chi connectivity index (χ3n) is 3.39. The van der Waals surface area contributed by atoms with Crippen molar-refractivity contribution in [3.8, 4) is 5.75 Å². The summed E-state index contributed by atoms with van der Waals surface area (Å²) >= 11 is 13.9. The lowest BCUT2D eigenvalue weighted by molar-refractivity contribution is -0.384. The van der Waals surface area contributed by atoms with Crippen LogP contribution < -0.4 is 20.9 Å². The van der Waals surface area contributed by atoms with E-state index in [1.54, 1.807) is 6.07 Å². The third-order valence-corrected chi connectivity index (χ3v) is 4.54. The van der Waals surface area contributed by atoms with E-state index in [-0.39, 0.29) is 22.3 Å². The zero-order chi connectivity index (χ0) is 21.6. The Morgan fingerprint density at radius 2 is 1.97 bits per heavy atom. The molecule has 0 radical (unpaired) electrons. The van der Waals surface area contributed by atoms with Crippen molar-refractivity contribution in [2.45, 2.75) is 6.92 Å². The maximum atomic E-state index is 12.1. The van der Waals surface area contributed by atoms with Crippen LogP contribution in [0.1, 0.15) is 15.9 Å². The number of nitro benzene ring substituents is 1. The van der Waals surface area contributed by atoms with Crippen molar-refractivity contribution in [2.24, 2.45) is 0 Å². The van der Waals surface area contributed by atoms with Crippen LogP contribution in [0.4, 0.5) is 5.69 Å². The van der Waals surface area contributed by atoms with Gasteiger partial charge in [-0.25, -0.2) is 0 Å². The Kier molecular flexibility index (Phi) is 7.88. The van der Waals surface area contributed by atoms with Gasteiger partial charge in [-0.1, -0.05) is 17.7 Å². The Balaban J connectivity index is 1.83. The maximum absolute atomic E-state index is 12.1. The molecule has 29 heavy (non-hydrogen) atoms. The van der Waals surface area contributed by atoms with Gasteiger partial charge in [0.25, 0.3) is 17.5 Å². The first-order chi connectivity index (χ1) is 13.7. The summed E-state index contributed by atoms with van der Waals surface area (Å²) in [6.45, 7) is 1.62. The second-order valence-electron chi connectivity index (χ2n) is 5.60. The van der Waals surface area contributed by atoms with E-state index in [2.05, 4.69) is 32.1 Å². The summed E-state index contributed by atoms with van der Waals surface area (Å²) in [4.78, 5) is 34.1. The highest BCUT2D eigenvalue weighted by molar-refractivity contribution is 9.10. The molecule has 3 N–H and O–H groups in total. The molecule has 2 aromatic rings. The Hall–Kier alpha value is -2.76. The number of hydrogen-bond donors (Lipinski definition) is 3. The maximum Gasteiger partial charge on any atom is 0.288 e. The largest absolute Gasteiger partial charge is 0.483 e. The molecule has 9 nitrogen and oxygen atoms in total. The van der Waals surface area contributed by atoms with Crippen molar-refractivity contribution in [1.29, 1.82) is 0 Å². The lowest BCUT2D eigenvalue weighted by atomic mass is 10.2. The molecule has 2 aromatic carbocycles. The number of benzene rings is 2. The Bertz CT molecular complexity index is 988. The van der Waals surface area contributed by atoms with Crippen molar-refractivity contribution in [1.82, 2.24) is 16.2 Å². The quantitative estimate of drug-likeness (QED) is 0.327. The SMILES string of the molecule is Cc1ccc(OCC(=O)NNC(=S)NC(=O)c2ccc(Cl)c([N+](=O)[O-])c2)c(Br)c1. The van der Waals surface area contributed by atoms with Crippen molar-refractivity contribution < 1.29 is 19.2 Å². The van der Waals surface area contributed by atoms with E-state index < -0.39 is 22.4 Å². The topological polar surface area (TPSA) is 123 Å². The van der Waals surface area contributed by atoms with Crippen LogP contribution in [0.2, 0.25) is 5.02 Å². The number of carbonyl (C=O) groups is 2. The molecule has 0 bridgehead atoms. The van der Waals surface area contributed by atoms with Gasteiger partial charge >= 0.3 is 0 Å². The summed E-state index contributed by atoms with van der Waals surface area (Å²) in [5.74, 6) is -0.765. The first-order valence-electron chi connectivity index (χ1n) is 7.90. The van der Waals surface area contributed by atoms with Crippen LogP contribution in [0.25, 0.3) is 0 Å². The summed E-state index contributed by atoms with van der Waals surface area (Å²) < 4.78 is 6.08. The van der Waals surface area contributed by atoms with Crippen molar-refractivity contribution in [2.75, 3.05) is 6.61 Å². The molecule has 0 spiro atoms. The number of halogens is 2. The average Bonchev–Trinajstić information content (AvgIpc) is 2.65. The molecule has 12 heteroatoms. The molecule has 0 atom stereocenters. The van der Waals surface area contributed by atoms with Crippen LogP contribution in [0.15, 0.2) is 40.9 Å². The number of ether oxygens (including phenoxy) is 1. The number of nitro groups is 1. The number of nitrogens with zero attached hydrogens (tertiary/aromatic N) is 1. The van der Waals surface area contributed by atoms with E-state index in [9.17, 15) is 19.7 Å². The molecule has 0 aromatic heterocycles.